The topological polar surface area (TPSA) is 26.3 Å². The number of aldehydes is 1. The van der Waals surface area contributed by atoms with Crippen LogP contribution in [-0.4, -0.2) is 18.7 Å². The lowest BCUT2D eigenvalue weighted by molar-refractivity contribution is -0.107. The average Bonchev–Trinajstić information content (AvgIpc) is 2.58. The van der Waals surface area contributed by atoms with Gasteiger partial charge in [0.1, 0.15) is 6.29 Å². The molecule has 0 fully saturated rings. The largest absolute Gasteiger partial charge is 0.380 e. The number of benzene rings is 1. The number of ether oxygens (including phenoxy) is 1. The lowest BCUT2D eigenvalue weighted by atomic mass is 10.1. The second-order valence-corrected chi connectivity index (χ2v) is 4.92. The number of halogens is 1. The molecule has 0 saturated carbocycles. The first-order valence-electron chi connectivity index (χ1n) is 8.70. The Morgan fingerprint density at radius 2 is 1.65 bits per heavy atom. The lowest BCUT2D eigenvalue weighted by Gasteiger charge is -1.98. The minimum Gasteiger partial charge on any atom is -0.380 e. The van der Waals surface area contributed by atoms with Crippen LogP contribution in [0, 0.1) is 6.92 Å². The van der Waals surface area contributed by atoms with Crippen LogP contribution in [-0.2, 0) is 16.1 Å². The molecule has 0 heterocycles. The maximum absolute atomic E-state index is 9.54. The molecule has 2 nitrogen and oxygen atoms in total. The van der Waals surface area contributed by atoms with E-state index in [1.54, 1.807) is 7.11 Å². The molecule has 0 N–H and O–H groups in total. The smallest absolute Gasteiger partial charge is 0.120 e. The number of carbonyl (C=O) groups excluding carboxylic acids is 1. The Bertz CT molecular complexity index is 301. The van der Waals surface area contributed by atoms with E-state index in [0.29, 0.717) is 13.0 Å². The van der Waals surface area contributed by atoms with Gasteiger partial charge in [-0.2, -0.15) is 0 Å². The summed E-state index contributed by atoms with van der Waals surface area (Å²) in [5, 5.41) is 0.936. The standard InChI is InChI=1S/C9H12O.C4H7BrO.C3H8.2C2H6/c1-8-4-3-5-9(6-8)7-10-2;5-3-1-2-4-6;1-3-2;2*1-2/h3-6H,7H2,1-2H3;4H,1-3H2;3H2,1-2H3;2*1-2H3. The lowest BCUT2D eigenvalue weighted by Crippen LogP contribution is -1.86. The van der Waals surface area contributed by atoms with Crippen molar-refractivity contribution in [2.24, 2.45) is 0 Å². The molecule has 0 aliphatic carbocycles. The molecule has 23 heavy (non-hydrogen) atoms. The van der Waals surface area contributed by atoms with Crippen molar-refractivity contribution >= 4 is 22.2 Å². The van der Waals surface area contributed by atoms with Gasteiger partial charge < -0.3 is 9.53 Å². The van der Waals surface area contributed by atoms with Crippen molar-refractivity contribution in [3.63, 3.8) is 0 Å². The van der Waals surface area contributed by atoms with Gasteiger partial charge in [0.2, 0.25) is 0 Å². The Hall–Kier alpha value is -0.670. The van der Waals surface area contributed by atoms with Crippen molar-refractivity contribution in [3.05, 3.63) is 35.4 Å². The summed E-state index contributed by atoms with van der Waals surface area (Å²) in [4.78, 5) is 9.54. The van der Waals surface area contributed by atoms with Gasteiger partial charge in [0, 0.05) is 18.9 Å². The third kappa shape index (κ3) is 33.9. The van der Waals surface area contributed by atoms with Gasteiger partial charge in [0.25, 0.3) is 0 Å². The minimum atomic E-state index is 0.686. The van der Waals surface area contributed by atoms with Crippen LogP contribution in [0.25, 0.3) is 0 Å². The number of hydrogen-bond donors (Lipinski definition) is 0. The van der Waals surface area contributed by atoms with Crippen LogP contribution in [0.3, 0.4) is 0 Å². The summed E-state index contributed by atoms with van der Waals surface area (Å²) in [6.07, 6.45) is 3.83. The van der Waals surface area contributed by atoms with E-state index >= 15 is 0 Å². The quantitative estimate of drug-likeness (QED) is 0.308. The van der Waals surface area contributed by atoms with Crippen LogP contribution in [0.5, 0.6) is 0 Å². The summed E-state index contributed by atoms with van der Waals surface area (Å²) in [5.41, 5.74) is 2.53. The normalized spacial score (nSPS) is 7.70. The van der Waals surface area contributed by atoms with Crippen molar-refractivity contribution in [2.75, 3.05) is 12.4 Å². The third-order valence-corrected chi connectivity index (χ3v) is 2.41. The van der Waals surface area contributed by atoms with E-state index in [4.69, 9.17) is 4.74 Å². The number of hydrogen-bond acceptors (Lipinski definition) is 2. The fourth-order valence-corrected chi connectivity index (χ4v) is 1.45. The van der Waals surface area contributed by atoms with Crippen LogP contribution >= 0.6 is 15.9 Å². The average molecular weight is 391 g/mol. The molecule has 0 radical (unpaired) electrons. The molecule has 0 aromatic heterocycles. The van der Waals surface area contributed by atoms with Gasteiger partial charge in [0.05, 0.1) is 6.61 Å². The van der Waals surface area contributed by atoms with Crippen LogP contribution in [0.4, 0.5) is 0 Å². The minimum absolute atomic E-state index is 0.686. The van der Waals surface area contributed by atoms with Gasteiger partial charge in [-0.3, -0.25) is 0 Å². The second-order valence-electron chi connectivity index (χ2n) is 4.13. The molecule has 1 rings (SSSR count). The molecule has 0 aliphatic rings. The van der Waals surface area contributed by atoms with Gasteiger partial charge in [0.15, 0.2) is 0 Å². The molecular weight excluding hydrogens is 352 g/mol. The molecule has 0 unspecified atom stereocenters. The van der Waals surface area contributed by atoms with Crippen molar-refractivity contribution in [1.82, 2.24) is 0 Å². The van der Waals surface area contributed by atoms with E-state index in [1.807, 2.05) is 33.8 Å². The monoisotopic (exact) mass is 390 g/mol. The Morgan fingerprint density at radius 3 is 1.96 bits per heavy atom. The highest BCUT2D eigenvalue weighted by molar-refractivity contribution is 9.09. The van der Waals surface area contributed by atoms with E-state index in [0.717, 1.165) is 18.0 Å². The van der Waals surface area contributed by atoms with E-state index < -0.39 is 0 Å². The van der Waals surface area contributed by atoms with E-state index in [-0.39, 0.29) is 0 Å². The van der Waals surface area contributed by atoms with Crippen LogP contribution in [0.1, 0.15) is 71.9 Å². The van der Waals surface area contributed by atoms with Crippen molar-refractivity contribution in [1.29, 1.82) is 0 Å². The number of carbonyl (C=O) groups is 1. The molecule has 1 aromatic rings. The molecule has 0 atom stereocenters. The molecule has 0 amide bonds. The Kier molecular flexibility index (Phi) is 43.5. The van der Waals surface area contributed by atoms with Crippen molar-refractivity contribution < 1.29 is 9.53 Å². The second kappa shape index (κ2) is 33.1. The first-order valence-corrected chi connectivity index (χ1v) is 9.82. The van der Waals surface area contributed by atoms with Crippen LogP contribution in [0.15, 0.2) is 24.3 Å². The number of aryl methyl sites for hydroxylation is 1. The van der Waals surface area contributed by atoms with Crippen LogP contribution in [0.2, 0.25) is 0 Å². The number of methoxy groups -OCH3 is 1. The number of rotatable bonds is 5. The van der Waals surface area contributed by atoms with Gasteiger partial charge in [-0.05, 0) is 18.9 Å². The summed E-state index contributed by atoms with van der Waals surface area (Å²) in [7, 11) is 1.71. The first kappa shape index (κ1) is 30.2. The van der Waals surface area contributed by atoms with E-state index in [1.165, 1.54) is 17.5 Å². The van der Waals surface area contributed by atoms with Gasteiger partial charge in [-0.15, -0.1) is 0 Å². The maximum atomic E-state index is 9.54. The Labute approximate surface area is 154 Å². The molecule has 0 saturated heterocycles. The van der Waals surface area contributed by atoms with E-state index in [2.05, 4.69) is 54.9 Å². The number of alkyl halides is 1. The zero-order chi connectivity index (χ0) is 18.9. The molecule has 0 spiro atoms. The first-order chi connectivity index (χ1) is 11.2. The summed E-state index contributed by atoms with van der Waals surface area (Å²) in [6.45, 7) is 15.0. The summed E-state index contributed by atoms with van der Waals surface area (Å²) in [6, 6.07) is 8.32. The fraction of sp³-hybridized carbons (Fsp3) is 0.650. The fourth-order valence-electron chi connectivity index (χ4n) is 1.13. The van der Waals surface area contributed by atoms with Crippen molar-refractivity contribution in [3.8, 4) is 0 Å². The van der Waals surface area contributed by atoms with Gasteiger partial charge in [-0.25, -0.2) is 0 Å². The highest BCUT2D eigenvalue weighted by atomic mass is 79.9. The molecular formula is C20H39BrO2. The Balaban J connectivity index is -0.000000120. The highest BCUT2D eigenvalue weighted by Crippen LogP contribution is 2.03. The summed E-state index contributed by atoms with van der Waals surface area (Å²) < 4.78 is 4.98. The van der Waals surface area contributed by atoms with Crippen LogP contribution < -0.4 is 0 Å². The molecule has 0 aliphatic heterocycles. The SMILES string of the molecule is CC.CC.CCC.COCc1cccc(C)c1.O=CCCCBr. The maximum Gasteiger partial charge on any atom is 0.120 e. The zero-order valence-corrected chi connectivity index (χ0v) is 18.2. The predicted molar refractivity (Wildman–Crippen MR) is 110 cm³/mol. The molecule has 0 bridgehead atoms. The summed E-state index contributed by atoms with van der Waals surface area (Å²) in [5.74, 6) is 0. The van der Waals surface area contributed by atoms with Crippen molar-refractivity contribution in [2.45, 2.75) is 74.3 Å². The van der Waals surface area contributed by atoms with E-state index in [9.17, 15) is 4.79 Å². The molecule has 1 aromatic carbocycles. The predicted octanol–water partition coefficient (Wildman–Crippen LogP) is 6.97. The highest BCUT2D eigenvalue weighted by Gasteiger charge is 1.89. The molecule has 3 heteroatoms. The van der Waals surface area contributed by atoms with Gasteiger partial charge >= 0.3 is 0 Å². The zero-order valence-electron chi connectivity index (χ0n) is 16.6. The third-order valence-electron chi connectivity index (χ3n) is 1.85. The van der Waals surface area contributed by atoms with Gasteiger partial charge in [-0.1, -0.05) is 93.7 Å². The Morgan fingerprint density at radius 1 is 1.13 bits per heavy atom. The number of unbranched alkanes of at least 4 members (excludes halogenated alkanes) is 1. The molecule has 138 valence electrons. The summed E-state index contributed by atoms with van der Waals surface area (Å²) >= 11 is 3.19.